The van der Waals surface area contributed by atoms with E-state index in [1.165, 1.54) is 71.5 Å². The molecule has 0 bridgehead atoms. The Morgan fingerprint density at radius 2 is 1.10 bits per heavy atom. The van der Waals surface area contributed by atoms with Gasteiger partial charge in [0.05, 0.1) is 41.3 Å². The molecule has 0 aliphatic rings. The molecule has 0 unspecified atom stereocenters. The molecule has 0 amide bonds. The Morgan fingerprint density at radius 1 is 0.480 bits per heavy atom. The van der Waals surface area contributed by atoms with Crippen molar-refractivity contribution in [3.8, 4) is 0 Å². The Morgan fingerprint density at radius 3 is 1.24 bits per heavy atom. The van der Waals surface area contributed by atoms with Crippen LogP contribution in [-0.2, 0) is 0 Å². The van der Waals surface area contributed by atoms with Gasteiger partial charge < -0.3 is 8.94 Å². The van der Waals surface area contributed by atoms with E-state index in [9.17, 15) is 0 Å². The molecule has 17 nitrogen and oxygen atoms in total. The van der Waals surface area contributed by atoms with Crippen LogP contribution in [0.3, 0.4) is 0 Å². The van der Waals surface area contributed by atoms with Gasteiger partial charge >= 0.3 is 0 Å². The summed E-state index contributed by atoms with van der Waals surface area (Å²) in [7, 11) is 0. The van der Waals surface area contributed by atoms with Gasteiger partial charge in [-0.1, -0.05) is 5.16 Å². The highest BCUT2D eigenvalue weighted by Gasteiger charge is 1.64. The van der Waals surface area contributed by atoms with E-state index in [2.05, 4.69) is 82.1 Å². The normalized spacial score (nSPS) is 8.00. The summed E-state index contributed by atoms with van der Waals surface area (Å²) >= 11 is 8.83. The van der Waals surface area contributed by atoms with Crippen LogP contribution in [0.25, 0.3) is 0 Å². The SMILES string of the molecule is c1cn[nH]c1.c1cn[nH]c1.c1cnsc1.c1cnsc1.c1cnsn1.c1cocn1.c1cscn1.c1cscn1.c1ncon1.c1nncs1. The fourth-order valence-corrected chi connectivity index (χ4v) is 3.67. The molecule has 0 aromatic carbocycles. The molecule has 0 saturated carbocycles. The van der Waals surface area contributed by atoms with Crippen molar-refractivity contribution in [2.75, 3.05) is 0 Å². The van der Waals surface area contributed by atoms with Gasteiger partial charge in [-0.2, -0.15) is 18.9 Å². The average molecular weight is 788 g/mol. The predicted octanol–water partition coefficient (Wildman–Crippen LogP) is 7.21. The van der Waals surface area contributed by atoms with Gasteiger partial charge in [-0.05, 0) is 47.3 Å². The van der Waals surface area contributed by atoms with E-state index >= 15 is 0 Å². The smallest absolute Gasteiger partial charge is 0.213 e. The van der Waals surface area contributed by atoms with Gasteiger partial charge in [-0.15, -0.1) is 44.2 Å². The van der Waals surface area contributed by atoms with Crippen molar-refractivity contribution in [2.24, 2.45) is 0 Å². The van der Waals surface area contributed by atoms with Gasteiger partial charge in [0.1, 0.15) is 17.3 Å². The molecular weight excluding hydrogens is 759 g/mol. The van der Waals surface area contributed by atoms with Crippen LogP contribution in [-0.4, -0.2) is 73.2 Å². The van der Waals surface area contributed by atoms with Crippen LogP contribution in [0.15, 0.2) is 170 Å². The number of oxazole rings is 1. The Labute approximate surface area is 310 Å². The summed E-state index contributed by atoms with van der Waals surface area (Å²) in [5.74, 6) is 0. The summed E-state index contributed by atoms with van der Waals surface area (Å²) in [6, 6.07) is 7.48. The lowest BCUT2D eigenvalue weighted by Gasteiger charge is -1.49. The zero-order valence-corrected chi connectivity index (χ0v) is 30.6. The van der Waals surface area contributed by atoms with Crippen LogP contribution in [0.2, 0.25) is 0 Å². The van der Waals surface area contributed by atoms with Crippen molar-refractivity contribution in [1.82, 2.24) is 73.2 Å². The summed E-state index contributed by atoms with van der Waals surface area (Å²) in [6.07, 6.45) is 24.4. The van der Waals surface area contributed by atoms with Gasteiger partial charge in [0, 0.05) is 71.1 Å². The summed E-state index contributed by atoms with van der Waals surface area (Å²) in [5.41, 5.74) is 6.94. The first-order valence-corrected chi connectivity index (χ1v) is 18.4. The van der Waals surface area contributed by atoms with Gasteiger partial charge in [-0.3, -0.25) is 20.2 Å². The summed E-state index contributed by atoms with van der Waals surface area (Å²) in [5, 5.41) is 30.4. The Balaban J connectivity index is 0.000000278. The molecule has 260 valence electrons. The zero-order chi connectivity index (χ0) is 35.4. The van der Waals surface area contributed by atoms with E-state index in [-0.39, 0.29) is 0 Å². The number of aromatic amines is 2. The van der Waals surface area contributed by atoms with Crippen LogP contribution in [0.5, 0.6) is 0 Å². The summed E-state index contributed by atoms with van der Waals surface area (Å²) in [4.78, 5) is 14.5. The summed E-state index contributed by atoms with van der Waals surface area (Å²) in [6.45, 7) is 0. The minimum absolute atomic E-state index is 1.21. The fraction of sp³-hybridized carbons (Fsp3) is 0. The maximum atomic E-state index is 4.47. The van der Waals surface area contributed by atoms with E-state index in [4.69, 9.17) is 0 Å². The molecule has 0 atom stereocenters. The molecule has 23 heteroatoms. The number of nitrogens with one attached hydrogen (secondary N) is 2. The molecule has 0 radical (unpaired) electrons. The average Bonchev–Trinajstić information content (AvgIpc) is 4.08. The van der Waals surface area contributed by atoms with Crippen LogP contribution in [0, 0.1) is 0 Å². The second-order valence-electron chi connectivity index (χ2n) is 6.69. The zero-order valence-electron chi connectivity index (χ0n) is 25.7. The largest absolute Gasteiger partial charge is 0.452 e. The molecule has 10 rings (SSSR count). The molecule has 0 aliphatic carbocycles. The highest BCUT2D eigenvalue weighted by atomic mass is 32.1. The lowest BCUT2D eigenvalue weighted by molar-refractivity contribution is 0.416. The third-order valence-electron chi connectivity index (χ3n) is 3.40. The van der Waals surface area contributed by atoms with Crippen molar-refractivity contribution < 1.29 is 8.94 Å². The highest BCUT2D eigenvalue weighted by Crippen LogP contribution is 1.87. The van der Waals surface area contributed by atoms with Gasteiger partial charge in [0.15, 0.2) is 12.7 Å². The van der Waals surface area contributed by atoms with Crippen LogP contribution < -0.4 is 0 Å². The van der Waals surface area contributed by atoms with E-state index in [0.29, 0.717) is 0 Å². The quantitative estimate of drug-likeness (QED) is 0.155. The highest BCUT2D eigenvalue weighted by molar-refractivity contribution is 7.07. The van der Waals surface area contributed by atoms with Gasteiger partial charge in [0.25, 0.3) is 0 Å². The molecule has 2 N–H and O–H groups in total. The molecule has 0 aliphatic heterocycles. The van der Waals surface area contributed by atoms with E-state index < -0.39 is 0 Å². The minimum atomic E-state index is 1.21. The maximum Gasteiger partial charge on any atom is 0.213 e. The summed E-state index contributed by atoms with van der Waals surface area (Å²) < 4.78 is 23.5. The fourth-order valence-electron chi connectivity index (χ4n) is 1.72. The van der Waals surface area contributed by atoms with Crippen molar-refractivity contribution in [3.05, 3.63) is 161 Å². The number of hydrogen-bond donors (Lipinski definition) is 2. The number of H-pyrrole nitrogens is 2. The number of rotatable bonds is 0. The maximum absolute atomic E-state index is 4.47. The topological polar surface area (TPSA) is 225 Å². The molecule has 0 spiro atoms. The Hall–Kier alpha value is -5.59. The first-order chi connectivity index (χ1) is 25.0. The van der Waals surface area contributed by atoms with E-state index in [1.807, 2.05) is 45.8 Å². The lowest BCUT2D eigenvalue weighted by Crippen LogP contribution is -1.53. The Kier molecular flexibility index (Phi) is 33.6. The van der Waals surface area contributed by atoms with Gasteiger partial charge in [-0.25, -0.2) is 18.7 Å². The van der Waals surface area contributed by atoms with E-state index in [0.717, 1.165) is 0 Å². The molecular formula is C27H29N15O2S6. The van der Waals surface area contributed by atoms with Crippen LogP contribution >= 0.6 is 68.8 Å². The Bertz CT molecular complexity index is 1080. The van der Waals surface area contributed by atoms with Crippen molar-refractivity contribution in [3.63, 3.8) is 0 Å². The monoisotopic (exact) mass is 787 g/mol. The van der Waals surface area contributed by atoms with Crippen molar-refractivity contribution in [2.45, 2.75) is 0 Å². The second kappa shape index (κ2) is 39.6. The van der Waals surface area contributed by atoms with Crippen molar-refractivity contribution in [1.29, 1.82) is 0 Å². The third-order valence-corrected chi connectivity index (χ3v) is 6.35. The predicted molar refractivity (Wildman–Crippen MR) is 196 cm³/mol. The first kappa shape index (κ1) is 42.4. The number of thiazole rings is 2. The number of aromatic nitrogens is 15. The standard InChI is InChI=1S/2C3H4N2.C3H3NO.4C3H3NS.C2H2N2O.2C2H2N2S/c2*1-2-4-5-3-1;3*1-2-5-3-4-1;2*1-2-4-5-3-1;1-3-2-5-4-1;1-3-4-2-5-1;1-2-4-5-3-1/h2*1-3H,(H,4,5);5*1-3H;3*1-2H. The third kappa shape index (κ3) is 36.9. The molecule has 10 aromatic rings. The second-order valence-corrected chi connectivity index (χ2v) is 10.9. The van der Waals surface area contributed by atoms with Crippen LogP contribution in [0.1, 0.15) is 0 Å². The lowest BCUT2D eigenvalue weighted by atomic mass is 10.8. The molecule has 10 heterocycles. The van der Waals surface area contributed by atoms with Crippen molar-refractivity contribution >= 4 is 68.8 Å². The molecule has 10 aromatic heterocycles. The number of hydrogen-bond acceptors (Lipinski definition) is 21. The molecule has 50 heavy (non-hydrogen) atoms. The van der Waals surface area contributed by atoms with Crippen LogP contribution in [0.4, 0.5) is 0 Å². The van der Waals surface area contributed by atoms with Gasteiger partial charge in [0.2, 0.25) is 6.39 Å². The molecule has 0 fully saturated rings. The molecule has 0 saturated heterocycles. The minimum Gasteiger partial charge on any atom is -0.452 e. The first-order valence-electron chi connectivity index (χ1n) is 13.1. The van der Waals surface area contributed by atoms with E-state index in [1.54, 1.807) is 113 Å². The number of nitrogens with zero attached hydrogens (tertiary/aromatic N) is 13.